The number of rotatable bonds is 4. The van der Waals surface area contributed by atoms with Crippen LogP contribution in [-0.2, 0) is 6.42 Å². The Labute approximate surface area is 110 Å². The minimum atomic E-state index is 0.800. The van der Waals surface area contributed by atoms with Gasteiger partial charge < -0.3 is 11.1 Å². The molecule has 0 saturated heterocycles. The fraction of sp³-hybridized carbons (Fsp3) is 0.231. The second-order valence-electron chi connectivity index (χ2n) is 3.97. The molecule has 3 N–H and O–H groups in total. The number of thiophene rings is 1. The molecule has 0 saturated carbocycles. The van der Waals surface area contributed by atoms with Crippen LogP contribution in [0.2, 0.25) is 4.34 Å². The molecule has 1 aromatic heterocycles. The fourth-order valence-corrected chi connectivity index (χ4v) is 2.74. The third-order valence-corrected chi connectivity index (χ3v) is 3.81. The predicted octanol–water partition coefficient (Wildman–Crippen LogP) is 3.95. The lowest BCUT2D eigenvalue weighted by Crippen LogP contribution is -2.06. The molecule has 0 unspecified atom stereocenters. The highest BCUT2D eigenvalue weighted by Crippen LogP contribution is 2.23. The van der Waals surface area contributed by atoms with Crippen molar-refractivity contribution in [1.29, 1.82) is 0 Å². The second-order valence-corrected chi connectivity index (χ2v) is 5.77. The molecule has 1 aromatic carbocycles. The lowest BCUT2D eigenvalue weighted by Gasteiger charge is -2.09. The monoisotopic (exact) mass is 266 g/mol. The van der Waals surface area contributed by atoms with E-state index in [0.717, 1.165) is 28.7 Å². The third kappa shape index (κ3) is 3.38. The number of hydrogen-bond acceptors (Lipinski definition) is 3. The van der Waals surface area contributed by atoms with E-state index in [4.69, 9.17) is 17.3 Å². The summed E-state index contributed by atoms with van der Waals surface area (Å²) in [6.45, 7) is 2.90. The predicted molar refractivity (Wildman–Crippen MR) is 77.1 cm³/mol. The van der Waals surface area contributed by atoms with Gasteiger partial charge in [-0.3, -0.25) is 0 Å². The van der Waals surface area contributed by atoms with Gasteiger partial charge in [0.25, 0.3) is 0 Å². The quantitative estimate of drug-likeness (QED) is 0.823. The zero-order chi connectivity index (χ0) is 12.3. The first kappa shape index (κ1) is 12.3. The number of nitrogen functional groups attached to an aromatic ring is 1. The van der Waals surface area contributed by atoms with Crippen molar-refractivity contribution in [3.63, 3.8) is 0 Å². The van der Waals surface area contributed by atoms with Crippen molar-refractivity contribution in [3.8, 4) is 0 Å². The number of halogens is 1. The number of nitrogens with two attached hydrogens (primary N) is 1. The standard InChI is InChI=1S/C13H15ClN2S/c1-9-2-4-12(11(15)8-9)16-7-6-10-3-5-13(14)17-10/h2-5,8,16H,6-7,15H2,1H3. The molecule has 0 amide bonds. The van der Waals surface area contributed by atoms with Crippen LogP contribution < -0.4 is 11.1 Å². The van der Waals surface area contributed by atoms with Gasteiger partial charge in [0, 0.05) is 11.4 Å². The minimum Gasteiger partial charge on any atom is -0.397 e. The highest BCUT2D eigenvalue weighted by atomic mass is 35.5. The van der Waals surface area contributed by atoms with Gasteiger partial charge in [-0.2, -0.15) is 0 Å². The molecular formula is C13H15ClN2S. The normalized spacial score (nSPS) is 10.5. The van der Waals surface area contributed by atoms with Crippen molar-refractivity contribution in [3.05, 3.63) is 45.1 Å². The van der Waals surface area contributed by atoms with Crippen LogP contribution in [0.15, 0.2) is 30.3 Å². The van der Waals surface area contributed by atoms with Gasteiger partial charge in [0.1, 0.15) is 0 Å². The molecule has 90 valence electrons. The molecule has 0 fully saturated rings. The Morgan fingerprint density at radius 3 is 2.76 bits per heavy atom. The molecule has 0 radical (unpaired) electrons. The summed E-state index contributed by atoms with van der Waals surface area (Å²) in [4.78, 5) is 1.29. The fourth-order valence-electron chi connectivity index (χ4n) is 1.65. The van der Waals surface area contributed by atoms with E-state index in [1.54, 1.807) is 11.3 Å². The summed E-state index contributed by atoms with van der Waals surface area (Å²) in [6, 6.07) is 10.0. The van der Waals surface area contributed by atoms with Gasteiger partial charge in [0.2, 0.25) is 0 Å². The van der Waals surface area contributed by atoms with Crippen LogP contribution in [0, 0.1) is 6.92 Å². The number of aryl methyl sites for hydroxylation is 1. The Kier molecular flexibility index (Phi) is 3.92. The molecule has 0 spiro atoms. The van der Waals surface area contributed by atoms with Gasteiger partial charge in [0.05, 0.1) is 15.7 Å². The first-order chi connectivity index (χ1) is 8.15. The SMILES string of the molecule is Cc1ccc(NCCc2ccc(Cl)s2)c(N)c1. The van der Waals surface area contributed by atoms with Crippen molar-refractivity contribution in [1.82, 2.24) is 0 Å². The van der Waals surface area contributed by atoms with E-state index in [2.05, 4.69) is 17.4 Å². The Balaban J connectivity index is 1.90. The van der Waals surface area contributed by atoms with E-state index in [1.165, 1.54) is 10.4 Å². The van der Waals surface area contributed by atoms with Crippen LogP contribution in [-0.4, -0.2) is 6.54 Å². The molecule has 2 rings (SSSR count). The van der Waals surface area contributed by atoms with Crippen LogP contribution in [0.1, 0.15) is 10.4 Å². The minimum absolute atomic E-state index is 0.800. The van der Waals surface area contributed by atoms with Crippen LogP contribution in [0.25, 0.3) is 0 Å². The Hall–Kier alpha value is -1.19. The van der Waals surface area contributed by atoms with Crippen LogP contribution in [0.4, 0.5) is 11.4 Å². The summed E-state index contributed by atoms with van der Waals surface area (Å²) < 4.78 is 0.842. The average Bonchev–Trinajstić information content (AvgIpc) is 2.68. The number of nitrogens with one attached hydrogen (secondary N) is 1. The molecule has 4 heteroatoms. The smallest absolute Gasteiger partial charge is 0.0931 e. The highest BCUT2D eigenvalue weighted by Gasteiger charge is 2.00. The highest BCUT2D eigenvalue weighted by molar-refractivity contribution is 7.16. The van der Waals surface area contributed by atoms with Crippen molar-refractivity contribution in [2.24, 2.45) is 0 Å². The van der Waals surface area contributed by atoms with Crippen molar-refractivity contribution < 1.29 is 0 Å². The summed E-state index contributed by atoms with van der Waals surface area (Å²) in [6.07, 6.45) is 0.963. The summed E-state index contributed by atoms with van der Waals surface area (Å²) in [5.74, 6) is 0. The molecule has 17 heavy (non-hydrogen) atoms. The zero-order valence-electron chi connectivity index (χ0n) is 9.66. The maximum Gasteiger partial charge on any atom is 0.0931 e. The van der Waals surface area contributed by atoms with Gasteiger partial charge in [-0.1, -0.05) is 17.7 Å². The molecular weight excluding hydrogens is 252 g/mol. The van der Waals surface area contributed by atoms with E-state index in [1.807, 2.05) is 25.1 Å². The van der Waals surface area contributed by atoms with Crippen LogP contribution >= 0.6 is 22.9 Å². The molecule has 0 aliphatic rings. The van der Waals surface area contributed by atoms with E-state index in [-0.39, 0.29) is 0 Å². The maximum absolute atomic E-state index is 5.92. The first-order valence-electron chi connectivity index (χ1n) is 5.49. The average molecular weight is 267 g/mol. The van der Waals surface area contributed by atoms with Crippen LogP contribution in [0.5, 0.6) is 0 Å². The molecule has 2 nitrogen and oxygen atoms in total. The molecule has 1 heterocycles. The number of anilines is 2. The summed E-state index contributed by atoms with van der Waals surface area (Å²) in [7, 11) is 0. The van der Waals surface area contributed by atoms with E-state index < -0.39 is 0 Å². The van der Waals surface area contributed by atoms with Crippen molar-refractivity contribution >= 4 is 34.3 Å². The summed E-state index contributed by atoms with van der Waals surface area (Å²) in [5, 5.41) is 3.34. The largest absolute Gasteiger partial charge is 0.397 e. The Morgan fingerprint density at radius 2 is 2.12 bits per heavy atom. The van der Waals surface area contributed by atoms with Gasteiger partial charge in [-0.15, -0.1) is 11.3 Å². The van der Waals surface area contributed by atoms with Gasteiger partial charge >= 0.3 is 0 Å². The molecule has 2 aromatic rings. The van der Waals surface area contributed by atoms with Gasteiger partial charge in [-0.25, -0.2) is 0 Å². The molecule has 0 aliphatic heterocycles. The lowest BCUT2D eigenvalue weighted by atomic mass is 10.2. The summed E-state index contributed by atoms with van der Waals surface area (Å²) in [5.41, 5.74) is 8.90. The second kappa shape index (κ2) is 5.43. The molecule has 0 bridgehead atoms. The van der Waals surface area contributed by atoms with Crippen molar-refractivity contribution in [2.45, 2.75) is 13.3 Å². The number of benzene rings is 1. The lowest BCUT2D eigenvalue weighted by molar-refractivity contribution is 1.04. The molecule has 0 atom stereocenters. The topological polar surface area (TPSA) is 38.0 Å². The Bertz CT molecular complexity index is 508. The van der Waals surface area contributed by atoms with E-state index in [0.29, 0.717) is 0 Å². The Morgan fingerprint density at radius 1 is 1.29 bits per heavy atom. The van der Waals surface area contributed by atoms with Crippen molar-refractivity contribution in [2.75, 3.05) is 17.6 Å². The van der Waals surface area contributed by atoms with Crippen LogP contribution in [0.3, 0.4) is 0 Å². The van der Waals surface area contributed by atoms with Gasteiger partial charge in [-0.05, 0) is 43.2 Å². The van der Waals surface area contributed by atoms with E-state index in [9.17, 15) is 0 Å². The third-order valence-electron chi connectivity index (χ3n) is 2.52. The molecule has 0 aliphatic carbocycles. The number of hydrogen-bond donors (Lipinski definition) is 2. The first-order valence-corrected chi connectivity index (χ1v) is 6.69. The maximum atomic E-state index is 5.92. The summed E-state index contributed by atoms with van der Waals surface area (Å²) >= 11 is 7.50. The zero-order valence-corrected chi connectivity index (χ0v) is 11.2. The van der Waals surface area contributed by atoms with E-state index >= 15 is 0 Å². The van der Waals surface area contributed by atoms with Gasteiger partial charge in [0.15, 0.2) is 0 Å².